The molecule has 1 saturated heterocycles. The normalized spacial score (nSPS) is 19.6. The maximum absolute atomic E-state index is 5.98. The van der Waals surface area contributed by atoms with E-state index < -0.39 is 0 Å². The summed E-state index contributed by atoms with van der Waals surface area (Å²) >= 11 is 11.8. The second-order valence-electron chi connectivity index (χ2n) is 4.25. The van der Waals surface area contributed by atoms with E-state index in [0.29, 0.717) is 17.0 Å². The zero-order valence-electron chi connectivity index (χ0n) is 9.83. The fourth-order valence-electron chi connectivity index (χ4n) is 1.97. The minimum Gasteiger partial charge on any atom is -0.376 e. The van der Waals surface area contributed by atoms with Crippen molar-refractivity contribution in [2.75, 3.05) is 25.1 Å². The van der Waals surface area contributed by atoms with Crippen LogP contribution in [0, 0.1) is 0 Å². The Hall–Kier alpha value is -0.510. The van der Waals surface area contributed by atoms with E-state index in [4.69, 9.17) is 27.9 Å². The van der Waals surface area contributed by atoms with Gasteiger partial charge in [-0.3, -0.25) is 0 Å². The highest BCUT2D eigenvalue weighted by Gasteiger charge is 2.18. The highest BCUT2D eigenvalue weighted by Crippen LogP contribution is 2.21. The van der Waals surface area contributed by atoms with Crippen LogP contribution in [0.3, 0.4) is 0 Å². The van der Waals surface area contributed by atoms with Crippen LogP contribution in [0.4, 0.5) is 5.82 Å². The highest BCUT2D eigenvalue weighted by atomic mass is 35.5. The molecule has 5 heteroatoms. The predicted octanol–water partition coefficient (Wildman–Crippen LogP) is 3.09. The molecule has 0 spiro atoms. The van der Waals surface area contributed by atoms with Crippen molar-refractivity contribution in [2.24, 2.45) is 0 Å². The van der Waals surface area contributed by atoms with Gasteiger partial charge < -0.3 is 9.64 Å². The molecule has 0 aliphatic carbocycles. The molecule has 1 fully saturated rings. The number of ether oxygens (including phenoxy) is 1. The van der Waals surface area contributed by atoms with Crippen LogP contribution < -0.4 is 4.90 Å². The van der Waals surface area contributed by atoms with Crippen LogP contribution >= 0.6 is 23.2 Å². The van der Waals surface area contributed by atoms with Gasteiger partial charge in [-0.1, -0.05) is 11.6 Å². The fourth-order valence-corrected chi connectivity index (χ4v) is 2.41. The maximum atomic E-state index is 5.98. The maximum Gasteiger partial charge on any atom is 0.128 e. The van der Waals surface area contributed by atoms with Crippen molar-refractivity contribution >= 4 is 29.0 Å². The first-order valence-electron chi connectivity index (χ1n) is 5.75. The lowest BCUT2D eigenvalue weighted by molar-refractivity contribution is 0.116. The first-order valence-corrected chi connectivity index (χ1v) is 6.66. The zero-order chi connectivity index (χ0) is 12.3. The summed E-state index contributed by atoms with van der Waals surface area (Å²) in [5.74, 6) is 1.22. The lowest BCUT2D eigenvalue weighted by atomic mass is 10.2. The van der Waals surface area contributed by atoms with Gasteiger partial charge >= 0.3 is 0 Å². The standard InChI is InChI=1S/C12H16Cl2N2O/c1-16(8-9-3-2-6-17-9)12-5-4-10(14)11(7-13)15-12/h4-5,9H,2-3,6-8H2,1H3. The van der Waals surface area contributed by atoms with Crippen molar-refractivity contribution in [3.63, 3.8) is 0 Å². The molecule has 1 atom stereocenters. The summed E-state index contributed by atoms with van der Waals surface area (Å²) in [6.45, 7) is 1.73. The van der Waals surface area contributed by atoms with Gasteiger partial charge in [0.25, 0.3) is 0 Å². The molecular weight excluding hydrogens is 259 g/mol. The Kier molecular flexibility index (Phi) is 4.48. The van der Waals surface area contributed by atoms with E-state index in [-0.39, 0.29) is 0 Å². The van der Waals surface area contributed by atoms with Gasteiger partial charge in [0, 0.05) is 20.2 Å². The quantitative estimate of drug-likeness (QED) is 0.789. The third kappa shape index (κ3) is 3.24. The van der Waals surface area contributed by atoms with Crippen molar-refractivity contribution in [3.8, 4) is 0 Å². The predicted molar refractivity (Wildman–Crippen MR) is 71.0 cm³/mol. The Morgan fingerprint density at radius 3 is 3.00 bits per heavy atom. The van der Waals surface area contributed by atoms with Crippen LogP contribution in [0.2, 0.25) is 5.02 Å². The summed E-state index contributed by atoms with van der Waals surface area (Å²) in [5, 5.41) is 0.620. The van der Waals surface area contributed by atoms with Crippen molar-refractivity contribution in [2.45, 2.75) is 24.8 Å². The van der Waals surface area contributed by atoms with Crippen LogP contribution in [0.25, 0.3) is 0 Å². The summed E-state index contributed by atoms with van der Waals surface area (Å²) in [6, 6.07) is 3.75. The Balaban J connectivity index is 2.04. The van der Waals surface area contributed by atoms with Gasteiger partial charge in [0.1, 0.15) is 5.82 Å². The molecule has 0 N–H and O–H groups in total. The monoisotopic (exact) mass is 274 g/mol. The number of aromatic nitrogens is 1. The number of alkyl halides is 1. The Bertz CT molecular complexity index is 381. The number of nitrogens with zero attached hydrogens (tertiary/aromatic N) is 2. The molecule has 94 valence electrons. The molecule has 1 aliphatic heterocycles. The van der Waals surface area contributed by atoms with Crippen molar-refractivity contribution in [1.82, 2.24) is 4.98 Å². The molecule has 2 rings (SSSR count). The zero-order valence-corrected chi connectivity index (χ0v) is 11.3. The molecule has 17 heavy (non-hydrogen) atoms. The Morgan fingerprint density at radius 1 is 1.53 bits per heavy atom. The van der Waals surface area contributed by atoms with Gasteiger partial charge in [0.15, 0.2) is 0 Å². The molecule has 1 unspecified atom stereocenters. The Labute approximate surface area is 112 Å². The molecule has 0 aromatic carbocycles. The number of halogens is 2. The van der Waals surface area contributed by atoms with Gasteiger partial charge in [-0.05, 0) is 25.0 Å². The molecule has 1 aromatic heterocycles. The summed E-state index contributed by atoms with van der Waals surface area (Å²) < 4.78 is 5.60. The average Bonchev–Trinajstić information content (AvgIpc) is 2.82. The topological polar surface area (TPSA) is 25.4 Å². The first kappa shape index (κ1) is 12.9. The summed E-state index contributed by atoms with van der Waals surface area (Å²) in [7, 11) is 2.01. The molecule has 2 heterocycles. The average molecular weight is 275 g/mol. The highest BCUT2D eigenvalue weighted by molar-refractivity contribution is 6.32. The fraction of sp³-hybridized carbons (Fsp3) is 0.583. The van der Waals surface area contributed by atoms with Gasteiger partial charge in [-0.15, -0.1) is 11.6 Å². The number of pyridine rings is 1. The molecule has 0 bridgehead atoms. The van der Waals surface area contributed by atoms with Crippen LogP contribution in [-0.2, 0) is 10.6 Å². The molecular formula is C12H16Cl2N2O. The Morgan fingerprint density at radius 2 is 2.35 bits per heavy atom. The summed E-state index contributed by atoms with van der Waals surface area (Å²) in [6.07, 6.45) is 2.59. The second-order valence-corrected chi connectivity index (χ2v) is 4.92. The third-order valence-corrected chi connectivity index (χ3v) is 3.52. The van der Waals surface area contributed by atoms with Gasteiger partial charge in [0.05, 0.1) is 22.7 Å². The van der Waals surface area contributed by atoms with E-state index in [0.717, 1.165) is 37.5 Å². The minimum absolute atomic E-state index is 0.317. The van der Waals surface area contributed by atoms with Crippen LogP contribution in [0.5, 0.6) is 0 Å². The van der Waals surface area contributed by atoms with Crippen molar-refractivity contribution < 1.29 is 4.74 Å². The van der Waals surface area contributed by atoms with Gasteiger partial charge in [0.2, 0.25) is 0 Å². The van der Waals surface area contributed by atoms with E-state index in [1.807, 2.05) is 19.2 Å². The van der Waals surface area contributed by atoms with Crippen molar-refractivity contribution in [1.29, 1.82) is 0 Å². The van der Waals surface area contributed by atoms with Crippen LogP contribution in [-0.4, -0.2) is 31.3 Å². The summed E-state index contributed by atoms with van der Waals surface area (Å²) in [5.41, 5.74) is 0.727. The van der Waals surface area contributed by atoms with E-state index in [1.54, 1.807) is 0 Å². The lowest BCUT2D eigenvalue weighted by Gasteiger charge is -2.22. The molecule has 0 saturated carbocycles. The third-order valence-electron chi connectivity index (χ3n) is 2.92. The van der Waals surface area contributed by atoms with E-state index in [2.05, 4.69) is 9.88 Å². The lowest BCUT2D eigenvalue weighted by Crippen LogP contribution is -2.29. The number of rotatable bonds is 4. The number of hydrogen-bond acceptors (Lipinski definition) is 3. The van der Waals surface area contributed by atoms with E-state index in [9.17, 15) is 0 Å². The molecule has 1 aliphatic rings. The largest absolute Gasteiger partial charge is 0.376 e. The van der Waals surface area contributed by atoms with E-state index in [1.165, 1.54) is 0 Å². The molecule has 3 nitrogen and oxygen atoms in total. The van der Waals surface area contributed by atoms with Crippen molar-refractivity contribution in [3.05, 3.63) is 22.8 Å². The SMILES string of the molecule is CN(CC1CCCO1)c1ccc(Cl)c(CCl)n1. The smallest absolute Gasteiger partial charge is 0.128 e. The number of likely N-dealkylation sites (N-methyl/N-ethyl adjacent to an activating group) is 1. The molecule has 0 radical (unpaired) electrons. The van der Waals surface area contributed by atoms with Crippen LogP contribution in [0.1, 0.15) is 18.5 Å². The molecule has 0 amide bonds. The number of hydrogen-bond donors (Lipinski definition) is 0. The first-order chi connectivity index (χ1) is 8.20. The van der Waals surface area contributed by atoms with E-state index >= 15 is 0 Å². The van der Waals surface area contributed by atoms with Gasteiger partial charge in [-0.25, -0.2) is 4.98 Å². The van der Waals surface area contributed by atoms with Gasteiger partial charge in [-0.2, -0.15) is 0 Å². The minimum atomic E-state index is 0.317. The molecule has 1 aromatic rings. The summed E-state index contributed by atoms with van der Waals surface area (Å²) in [4.78, 5) is 6.52. The van der Waals surface area contributed by atoms with Crippen LogP contribution in [0.15, 0.2) is 12.1 Å². The number of anilines is 1. The second kappa shape index (κ2) is 5.89.